The van der Waals surface area contributed by atoms with Crippen molar-refractivity contribution in [2.45, 2.75) is 32.7 Å². The molecule has 2 rings (SSSR count). The normalized spacial score (nSPS) is 18.9. The van der Waals surface area contributed by atoms with Crippen LogP contribution in [0.3, 0.4) is 0 Å². The monoisotopic (exact) mass is 295 g/mol. The van der Waals surface area contributed by atoms with E-state index in [4.69, 9.17) is 0 Å². The topological polar surface area (TPSA) is 61.4 Å². The fraction of sp³-hybridized carbons (Fsp3) is 0.571. The summed E-state index contributed by atoms with van der Waals surface area (Å²) in [6.07, 6.45) is 1.72. The summed E-state index contributed by atoms with van der Waals surface area (Å²) in [6.45, 7) is 5.10. The van der Waals surface area contributed by atoms with Crippen LogP contribution >= 0.6 is 11.3 Å². The van der Waals surface area contributed by atoms with Gasteiger partial charge in [0.15, 0.2) is 0 Å². The van der Waals surface area contributed by atoms with Gasteiger partial charge in [-0.3, -0.25) is 10.1 Å². The second kappa shape index (κ2) is 6.74. The molecule has 6 heteroatoms. The standard InChI is InChI=1S/C14H21N3O2S/c1-10(2)15-13(18)11-5-3-7-17(9-11)14(19)16-12-6-4-8-20-12/h4,6,8,10-11H,3,5,7,9H2,1-2H3,(H,15,18)(H,16,19). The molecule has 1 saturated heterocycles. The molecule has 20 heavy (non-hydrogen) atoms. The third-order valence-corrected chi connectivity index (χ3v) is 4.05. The van der Waals surface area contributed by atoms with Crippen molar-refractivity contribution in [3.8, 4) is 0 Å². The van der Waals surface area contributed by atoms with E-state index < -0.39 is 0 Å². The molecular weight excluding hydrogens is 274 g/mol. The molecule has 1 aromatic heterocycles. The lowest BCUT2D eigenvalue weighted by Gasteiger charge is -2.32. The molecule has 1 fully saturated rings. The highest BCUT2D eigenvalue weighted by Crippen LogP contribution is 2.20. The van der Waals surface area contributed by atoms with Crippen LogP contribution in [0.5, 0.6) is 0 Å². The van der Waals surface area contributed by atoms with Crippen LogP contribution in [0.25, 0.3) is 0 Å². The molecule has 0 bridgehead atoms. The Morgan fingerprint density at radius 1 is 1.45 bits per heavy atom. The van der Waals surface area contributed by atoms with Gasteiger partial charge in [0.25, 0.3) is 0 Å². The van der Waals surface area contributed by atoms with Gasteiger partial charge in [-0.15, -0.1) is 11.3 Å². The first kappa shape index (κ1) is 14.8. The number of piperidine rings is 1. The first-order valence-electron chi connectivity index (χ1n) is 6.96. The van der Waals surface area contributed by atoms with Crippen LogP contribution in [0.1, 0.15) is 26.7 Å². The minimum Gasteiger partial charge on any atom is -0.354 e. The summed E-state index contributed by atoms with van der Waals surface area (Å²) < 4.78 is 0. The number of likely N-dealkylation sites (tertiary alicyclic amines) is 1. The van der Waals surface area contributed by atoms with Gasteiger partial charge in [0.1, 0.15) is 0 Å². The van der Waals surface area contributed by atoms with Crippen LogP contribution < -0.4 is 10.6 Å². The number of rotatable bonds is 3. The Morgan fingerprint density at radius 2 is 2.25 bits per heavy atom. The van der Waals surface area contributed by atoms with E-state index in [2.05, 4.69) is 10.6 Å². The predicted molar refractivity (Wildman–Crippen MR) is 80.9 cm³/mol. The second-order valence-corrected chi connectivity index (χ2v) is 6.30. The maximum atomic E-state index is 12.1. The summed E-state index contributed by atoms with van der Waals surface area (Å²) in [6, 6.07) is 3.79. The number of carbonyl (C=O) groups is 2. The molecule has 2 N–H and O–H groups in total. The van der Waals surface area contributed by atoms with Gasteiger partial charge in [-0.2, -0.15) is 0 Å². The van der Waals surface area contributed by atoms with E-state index in [1.54, 1.807) is 4.90 Å². The van der Waals surface area contributed by atoms with Gasteiger partial charge >= 0.3 is 6.03 Å². The van der Waals surface area contributed by atoms with Crippen molar-refractivity contribution in [3.63, 3.8) is 0 Å². The van der Waals surface area contributed by atoms with Gasteiger partial charge in [0.05, 0.1) is 10.9 Å². The van der Waals surface area contributed by atoms with Crippen LogP contribution in [0.15, 0.2) is 17.5 Å². The number of nitrogens with one attached hydrogen (secondary N) is 2. The van der Waals surface area contributed by atoms with Crippen molar-refractivity contribution in [2.75, 3.05) is 18.4 Å². The zero-order valence-corrected chi connectivity index (χ0v) is 12.7. The molecule has 1 atom stereocenters. The van der Waals surface area contributed by atoms with Crippen molar-refractivity contribution in [1.82, 2.24) is 10.2 Å². The fourth-order valence-corrected chi connectivity index (χ4v) is 2.92. The Kier molecular flexibility index (Phi) is 5.00. The number of thiophene rings is 1. The molecule has 0 spiro atoms. The van der Waals surface area contributed by atoms with E-state index in [1.165, 1.54) is 11.3 Å². The molecular formula is C14H21N3O2S. The molecule has 0 saturated carbocycles. The number of anilines is 1. The molecule has 1 unspecified atom stereocenters. The molecule has 3 amide bonds. The van der Waals surface area contributed by atoms with E-state index in [0.717, 1.165) is 17.8 Å². The largest absolute Gasteiger partial charge is 0.354 e. The molecule has 0 aromatic carbocycles. The van der Waals surface area contributed by atoms with Crippen molar-refractivity contribution in [2.24, 2.45) is 5.92 Å². The van der Waals surface area contributed by atoms with Crippen molar-refractivity contribution < 1.29 is 9.59 Å². The number of nitrogens with zero attached hydrogens (tertiary/aromatic N) is 1. The third-order valence-electron chi connectivity index (χ3n) is 3.26. The molecule has 110 valence electrons. The van der Waals surface area contributed by atoms with Crippen molar-refractivity contribution >= 4 is 28.3 Å². The van der Waals surface area contributed by atoms with E-state index in [9.17, 15) is 9.59 Å². The fourth-order valence-electron chi connectivity index (χ4n) is 2.31. The van der Waals surface area contributed by atoms with Crippen molar-refractivity contribution in [3.05, 3.63) is 17.5 Å². The minimum atomic E-state index is -0.116. The molecule has 1 aliphatic rings. The second-order valence-electron chi connectivity index (χ2n) is 5.36. The van der Waals surface area contributed by atoms with Crippen LogP contribution in [0.4, 0.5) is 9.80 Å². The molecule has 0 radical (unpaired) electrons. The Hall–Kier alpha value is -1.56. The first-order chi connectivity index (χ1) is 9.56. The van der Waals surface area contributed by atoms with Crippen LogP contribution in [0, 0.1) is 5.92 Å². The predicted octanol–water partition coefficient (Wildman–Crippen LogP) is 2.52. The summed E-state index contributed by atoms with van der Waals surface area (Å²) in [7, 11) is 0. The lowest BCUT2D eigenvalue weighted by atomic mass is 9.97. The van der Waals surface area contributed by atoms with Crippen LogP contribution in [0.2, 0.25) is 0 Å². The maximum absolute atomic E-state index is 12.1. The van der Waals surface area contributed by atoms with Gasteiger partial charge in [0, 0.05) is 19.1 Å². The number of hydrogen-bond donors (Lipinski definition) is 2. The summed E-state index contributed by atoms with van der Waals surface area (Å²) in [4.78, 5) is 25.9. The summed E-state index contributed by atoms with van der Waals surface area (Å²) in [5.41, 5.74) is 0. The lowest BCUT2D eigenvalue weighted by molar-refractivity contribution is -0.126. The smallest absolute Gasteiger partial charge is 0.322 e. The van der Waals surface area contributed by atoms with Gasteiger partial charge in [0.2, 0.25) is 5.91 Å². The van der Waals surface area contributed by atoms with Crippen LogP contribution in [-0.2, 0) is 4.79 Å². The zero-order valence-electron chi connectivity index (χ0n) is 11.9. The molecule has 2 heterocycles. The SMILES string of the molecule is CC(C)NC(=O)C1CCCN(C(=O)Nc2cccs2)C1. The lowest BCUT2D eigenvalue weighted by Crippen LogP contribution is -2.47. The highest BCUT2D eigenvalue weighted by atomic mass is 32.1. The molecule has 1 aliphatic heterocycles. The molecule has 5 nitrogen and oxygen atoms in total. The average molecular weight is 295 g/mol. The highest BCUT2D eigenvalue weighted by Gasteiger charge is 2.28. The van der Waals surface area contributed by atoms with E-state index in [0.29, 0.717) is 13.1 Å². The molecule has 0 aliphatic carbocycles. The summed E-state index contributed by atoms with van der Waals surface area (Å²) >= 11 is 1.49. The Balaban J connectivity index is 1.89. The van der Waals surface area contributed by atoms with Crippen LogP contribution in [-0.4, -0.2) is 36.0 Å². The van der Waals surface area contributed by atoms with Gasteiger partial charge in [-0.1, -0.05) is 0 Å². The number of carbonyl (C=O) groups excluding carboxylic acids is 2. The minimum absolute atomic E-state index is 0.0497. The van der Waals surface area contributed by atoms with E-state index in [-0.39, 0.29) is 23.9 Å². The van der Waals surface area contributed by atoms with E-state index in [1.807, 2.05) is 31.4 Å². The van der Waals surface area contributed by atoms with Gasteiger partial charge < -0.3 is 10.2 Å². The van der Waals surface area contributed by atoms with Gasteiger partial charge in [-0.25, -0.2) is 4.79 Å². The summed E-state index contributed by atoms with van der Waals surface area (Å²) in [5, 5.41) is 8.55. The quantitative estimate of drug-likeness (QED) is 0.900. The number of urea groups is 1. The summed E-state index contributed by atoms with van der Waals surface area (Å²) in [5.74, 6) is -0.0474. The average Bonchev–Trinajstić information content (AvgIpc) is 2.91. The first-order valence-corrected chi connectivity index (χ1v) is 7.84. The third kappa shape index (κ3) is 3.96. The van der Waals surface area contributed by atoms with E-state index >= 15 is 0 Å². The van der Waals surface area contributed by atoms with Gasteiger partial charge in [-0.05, 0) is 44.2 Å². The Labute approximate surface area is 123 Å². The zero-order chi connectivity index (χ0) is 14.5. The highest BCUT2D eigenvalue weighted by molar-refractivity contribution is 7.14. The maximum Gasteiger partial charge on any atom is 0.322 e. The number of hydrogen-bond acceptors (Lipinski definition) is 3. The Bertz CT molecular complexity index is 459. The van der Waals surface area contributed by atoms with Crippen molar-refractivity contribution in [1.29, 1.82) is 0 Å². The Morgan fingerprint density at radius 3 is 2.90 bits per heavy atom. The molecule has 1 aromatic rings. The number of amides is 3.